The predicted molar refractivity (Wildman–Crippen MR) is 160 cm³/mol. The van der Waals surface area contributed by atoms with Crippen molar-refractivity contribution in [3.63, 3.8) is 0 Å². The third-order valence-corrected chi connectivity index (χ3v) is 8.62. The van der Waals surface area contributed by atoms with E-state index in [0.717, 1.165) is 54.2 Å². The molecule has 4 aromatic rings. The third kappa shape index (κ3) is 5.47. The van der Waals surface area contributed by atoms with Gasteiger partial charge in [0.25, 0.3) is 0 Å². The number of nitrogens with zero attached hydrogens (tertiary/aromatic N) is 4. The van der Waals surface area contributed by atoms with Crippen molar-refractivity contribution >= 4 is 33.6 Å². The Kier molecular flexibility index (Phi) is 7.07. The van der Waals surface area contributed by atoms with E-state index >= 15 is 0 Å². The van der Waals surface area contributed by atoms with Crippen LogP contribution in [0.3, 0.4) is 0 Å². The van der Waals surface area contributed by atoms with E-state index in [4.69, 9.17) is 0 Å². The highest BCUT2D eigenvalue weighted by Gasteiger charge is 2.34. The Morgan fingerprint density at radius 3 is 2.67 bits per heavy atom. The van der Waals surface area contributed by atoms with E-state index < -0.39 is 0 Å². The van der Waals surface area contributed by atoms with Gasteiger partial charge >= 0.3 is 0 Å². The molecule has 1 fully saturated rings. The van der Waals surface area contributed by atoms with Gasteiger partial charge in [-0.1, -0.05) is 45.0 Å². The molecule has 1 saturated heterocycles. The molecule has 2 aliphatic heterocycles. The van der Waals surface area contributed by atoms with Crippen LogP contribution < -0.4 is 0 Å². The van der Waals surface area contributed by atoms with Gasteiger partial charge in [-0.05, 0) is 71.9 Å². The maximum atomic E-state index is 13.9. The molecule has 7 nitrogen and oxygen atoms in total. The number of aromatic amines is 1. The topological polar surface area (TPSA) is 82.2 Å². The summed E-state index contributed by atoms with van der Waals surface area (Å²) < 4.78 is 0. The summed E-state index contributed by atoms with van der Waals surface area (Å²) in [5.41, 5.74) is 5.65. The molecule has 0 spiro atoms. The molecule has 6 rings (SSSR count). The Hall–Kier alpha value is -3.74. The Bertz CT molecular complexity index is 1550. The van der Waals surface area contributed by atoms with Gasteiger partial charge in [-0.15, -0.1) is 0 Å². The minimum atomic E-state index is -0.301. The quantitative estimate of drug-likeness (QED) is 0.340. The summed E-state index contributed by atoms with van der Waals surface area (Å²) in [7, 11) is 0. The summed E-state index contributed by atoms with van der Waals surface area (Å²) in [6, 6.07) is 14.7. The van der Waals surface area contributed by atoms with Gasteiger partial charge in [-0.2, -0.15) is 5.10 Å². The zero-order valence-electron chi connectivity index (χ0n) is 23.8. The van der Waals surface area contributed by atoms with E-state index in [1.54, 1.807) is 0 Å². The summed E-state index contributed by atoms with van der Waals surface area (Å²) in [6.45, 7) is 9.14. The maximum absolute atomic E-state index is 13.9. The molecule has 0 unspecified atom stereocenters. The number of fused-ring (bicyclic) bond motifs is 4. The van der Waals surface area contributed by atoms with Crippen LogP contribution >= 0.6 is 0 Å². The van der Waals surface area contributed by atoms with E-state index in [2.05, 4.69) is 60.2 Å². The molecule has 0 bridgehead atoms. The fourth-order valence-electron chi connectivity index (χ4n) is 6.53. The van der Waals surface area contributed by atoms with Crippen molar-refractivity contribution in [2.75, 3.05) is 19.6 Å². The van der Waals surface area contributed by atoms with Gasteiger partial charge in [0.2, 0.25) is 11.8 Å². The number of carbonyl (C=O) groups excluding carboxylic acids is 2. The van der Waals surface area contributed by atoms with Crippen LogP contribution in [0.1, 0.15) is 70.5 Å². The Balaban J connectivity index is 0.00000337. The van der Waals surface area contributed by atoms with Crippen molar-refractivity contribution in [3.05, 3.63) is 71.5 Å². The normalized spacial score (nSPS) is 19.1. The summed E-state index contributed by atoms with van der Waals surface area (Å²) in [5, 5.41) is 9.56. The van der Waals surface area contributed by atoms with Gasteiger partial charge < -0.3 is 9.80 Å². The number of amides is 2. The number of aryl methyl sites for hydroxylation is 1. The maximum Gasteiger partial charge on any atom is 0.226 e. The number of hydrogen-bond donors (Lipinski definition) is 1. The van der Waals surface area contributed by atoms with Gasteiger partial charge in [0, 0.05) is 56.9 Å². The molecular weight excluding hydrogens is 498 g/mol. The van der Waals surface area contributed by atoms with Crippen LogP contribution in [0.15, 0.2) is 54.9 Å². The number of benzene rings is 2. The zero-order chi connectivity index (χ0) is 27.9. The molecule has 2 aromatic carbocycles. The highest BCUT2D eigenvalue weighted by molar-refractivity contribution is 5.88. The Labute approximate surface area is 237 Å². The van der Waals surface area contributed by atoms with Crippen molar-refractivity contribution in [2.24, 2.45) is 11.3 Å². The molecule has 1 N–H and O–H groups in total. The first-order chi connectivity index (χ1) is 19.2. The molecule has 4 heterocycles. The van der Waals surface area contributed by atoms with Gasteiger partial charge in [-0.25, -0.2) is 0 Å². The summed E-state index contributed by atoms with van der Waals surface area (Å²) in [6.07, 6.45) is 7.47. The molecule has 0 saturated carbocycles. The highest BCUT2D eigenvalue weighted by atomic mass is 16.2. The monoisotopic (exact) mass is 539 g/mol. The van der Waals surface area contributed by atoms with Crippen LogP contribution in [-0.2, 0) is 22.6 Å². The second-order valence-corrected chi connectivity index (χ2v) is 12.8. The summed E-state index contributed by atoms with van der Waals surface area (Å²) in [4.78, 5) is 36.1. The lowest BCUT2D eigenvalue weighted by Gasteiger charge is -2.36. The summed E-state index contributed by atoms with van der Waals surface area (Å²) >= 11 is 0. The zero-order valence-corrected chi connectivity index (χ0v) is 23.8. The predicted octanol–water partition coefficient (Wildman–Crippen LogP) is 6.09. The van der Waals surface area contributed by atoms with E-state index in [-0.39, 0.29) is 31.0 Å². The number of likely N-dealkylation sites (tertiary alicyclic amines) is 1. The van der Waals surface area contributed by atoms with Crippen LogP contribution in [0, 0.1) is 11.3 Å². The van der Waals surface area contributed by atoms with Crippen LogP contribution in [-0.4, -0.2) is 56.4 Å². The van der Waals surface area contributed by atoms with Crippen LogP contribution in [0.4, 0.5) is 0 Å². The SMILES string of the molecule is CC(C)(C)CN1Cc2c(ccc3[nH]ncc23)CC[C@@H](CC(=O)N2CCC(c3cnc4ccccc4c3)CC2)C1=O.[HH]. The first-order valence-corrected chi connectivity index (χ1v) is 14.6. The Morgan fingerprint density at radius 1 is 1.07 bits per heavy atom. The third-order valence-electron chi connectivity index (χ3n) is 8.62. The number of nitrogens with one attached hydrogen (secondary N) is 1. The van der Waals surface area contributed by atoms with E-state index in [1.165, 1.54) is 16.7 Å². The first kappa shape index (κ1) is 26.5. The molecule has 40 heavy (non-hydrogen) atoms. The standard InChI is InChI=1S/C33H39N5O2.H2/c1-33(2,3)21-38-20-28-23(10-11-30-27(28)19-35-36-30)8-9-25(32(38)40)17-31(39)37-14-12-22(13-15-37)26-16-24-6-4-5-7-29(24)34-18-26;/h4-7,10-11,16,18-19,22,25H,8-9,12-15,17,20-21H2,1-3H3,(H,35,36);1H/t25-;/m0./s1. The van der Waals surface area contributed by atoms with Crippen LogP contribution in [0.25, 0.3) is 21.8 Å². The largest absolute Gasteiger partial charge is 0.343 e. The minimum absolute atomic E-state index is 0. The van der Waals surface area contributed by atoms with Gasteiger partial charge in [0.15, 0.2) is 0 Å². The fraction of sp³-hybridized carbons (Fsp3) is 0.455. The molecular formula is C33H41N5O2. The van der Waals surface area contributed by atoms with Gasteiger partial charge in [0.1, 0.15) is 0 Å². The summed E-state index contributed by atoms with van der Waals surface area (Å²) in [5.74, 6) is 0.315. The van der Waals surface area contributed by atoms with E-state index in [1.807, 2.05) is 40.4 Å². The number of rotatable bonds is 4. The number of aromatic nitrogens is 3. The van der Waals surface area contributed by atoms with Crippen LogP contribution in [0.5, 0.6) is 0 Å². The molecule has 0 aliphatic carbocycles. The van der Waals surface area contributed by atoms with Gasteiger partial charge in [0.05, 0.1) is 17.2 Å². The highest BCUT2D eigenvalue weighted by Crippen LogP contribution is 2.33. The molecule has 0 radical (unpaired) electrons. The van der Waals surface area contributed by atoms with Crippen molar-refractivity contribution in [3.8, 4) is 0 Å². The lowest BCUT2D eigenvalue weighted by molar-refractivity contribution is -0.143. The van der Waals surface area contributed by atoms with Crippen molar-refractivity contribution in [1.29, 1.82) is 0 Å². The fourth-order valence-corrected chi connectivity index (χ4v) is 6.53. The van der Waals surface area contributed by atoms with Gasteiger partial charge in [-0.3, -0.25) is 19.7 Å². The number of hydrogen-bond acceptors (Lipinski definition) is 4. The number of para-hydroxylation sites is 1. The van der Waals surface area contributed by atoms with Crippen molar-refractivity contribution in [1.82, 2.24) is 25.0 Å². The molecule has 210 valence electrons. The second-order valence-electron chi connectivity index (χ2n) is 12.8. The average molecular weight is 540 g/mol. The first-order valence-electron chi connectivity index (χ1n) is 14.6. The molecule has 1 atom stereocenters. The van der Waals surface area contributed by atoms with E-state index in [9.17, 15) is 9.59 Å². The number of H-pyrrole nitrogens is 1. The molecule has 2 aliphatic rings. The molecule has 2 aromatic heterocycles. The number of carbonyl (C=O) groups is 2. The minimum Gasteiger partial charge on any atom is -0.343 e. The van der Waals surface area contributed by atoms with Crippen molar-refractivity contribution in [2.45, 2.75) is 65.3 Å². The smallest absolute Gasteiger partial charge is 0.226 e. The number of pyridine rings is 1. The lowest BCUT2D eigenvalue weighted by Crippen LogP contribution is -2.44. The van der Waals surface area contributed by atoms with Crippen molar-refractivity contribution < 1.29 is 11.0 Å². The second kappa shape index (κ2) is 10.7. The molecule has 2 amide bonds. The van der Waals surface area contributed by atoms with Crippen LogP contribution in [0.2, 0.25) is 0 Å². The van der Waals surface area contributed by atoms with E-state index in [0.29, 0.717) is 25.4 Å². The average Bonchev–Trinajstić information content (AvgIpc) is 3.43. The lowest BCUT2D eigenvalue weighted by atomic mass is 9.86. The Morgan fingerprint density at radius 2 is 1.88 bits per heavy atom. The molecule has 7 heteroatoms. The number of piperidine rings is 1.